The number of fused-ring (bicyclic) bond motifs is 1. The number of halogens is 1. The molecule has 1 aromatic carbocycles. The molecule has 0 spiro atoms. The molecule has 0 N–H and O–H groups in total. The highest BCUT2D eigenvalue weighted by Gasteiger charge is 2.14. The summed E-state index contributed by atoms with van der Waals surface area (Å²) >= 11 is 5.09. The maximum absolute atomic E-state index is 11.0. The van der Waals surface area contributed by atoms with E-state index in [1.54, 1.807) is 11.8 Å². The van der Waals surface area contributed by atoms with Crippen molar-refractivity contribution in [3.8, 4) is 11.5 Å². The molecule has 19 heavy (non-hydrogen) atoms. The van der Waals surface area contributed by atoms with Crippen molar-refractivity contribution < 1.29 is 17.9 Å². The first-order valence-corrected chi connectivity index (χ1v) is 9.80. The third-order valence-electron chi connectivity index (χ3n) is 2.57. The topological polar surface area (TPSA) is 52.6 Å². The van der Waals surface area contributed by atoms with Crippen LogP contribution in [0, 0.1) is 0 Å². The molecule has 1 heterocycles. The van der Waals surface area contributed by atoms with Crippen LogP contribution in [0.2, 0.25) is 0 Å². The monoisotopic (exact) mass is 366 g/mol. The van der Waals surface area contributed by atoms with E-state index in [1.807, 2.05) is 12.1 Å². The van der Waals surface area contributed by atoms with Gasteiger partial charge in [-0.1, -0.05) is 15.9 Å². The van der Waals surface area contributed by atoms with Crippen LogP contribution >= 0.6 is 27.7 Å². The highest BCUT2D eigenvalue weighted by molar-refractivity contribution is 9.10. The molecule has 1 aromatic rings. The molecule has 0 aliphatic carbocycles. The first-order valence-electron chi connectivity index (χ1n) is 5.79. The molecule has 106 valence electrons. The fourth-order valence-corrected chi connectivity index (χ4v) is 4.54. The van der Waals surface area contributed by atoms with Gasteiger partial charge < -0.3 is 9.47 Å². The second kappa shape index (κ2) is 6.37. The van der Waals surface area contributed by atoms with Gasteiger partial charge in [0.15, 0.2) is 11.5 Å². The molecule has 1 aliphatic heterocycles. The Kier molecular flexibility index (Phi) is 5.03. The van der Waals surface area contributed by atoms with Crippen molar-refractivity contribution in [2.45, 2.75) is 5.75 Å². The fraction of sp³-hybridized carbons (Fsp3) is 0.500. The van der Waals surface area contributed by atoms with Crippen molar-refractivity contribution in [3.05, 3.63) is 22.2 Å². The molecule has 1 aliphatic rings. The second-order valence-corrected chi connectivity index (χ2v) is 8.49. The molecule has 0 amide bonds. The van der Waals surface area contributed by atoms with Gasteiger partial charge in [-0.2, -0.15) is 11.8 Å². The van der Waals surface area contributed by atoms with Gasteiger partial charge in [0, 0.05) is 22.2 Å². The lowest BCUT2D eigenvalue weighted by atomic mass is 10.2. The van der Waals surface area contributed by atoms with Crippen LogP contribution in [0.5, 0.6) is 11.5 Å². The van der Waals surface area contributed by atoms with Crippen LogP contribution in [0.1, 0.15) is 5.56 Å². The van der Waals surface area contributed by atoms with Gasteiger partial charge in [-0.3, -0.25) is 0 Å². The van der Waals surface area contributed by atoms with Gasteiger partial charge in [-0.25, -0.2) is 8.42 Å². The minimum absolute atomic E-state index is 0.208. The zero-order valence-electron chi connectivity index (χ0n) is 10.5. The summed E-state index contributed by atoms with van der Waals surface area (Å²) in [5.41, 5.74) is 1.09. The molecule has 4 nitrogen and oxygen atoms in total. The van der Waals surface area contributed by atoms with E-state index in [9.17, 15) is 8.42 Å². The second-order valence-electron chi connectivity index (χ2n) is 4.27. The van der Waals surface area contributed by atoms with Crippen molar-refractivity contribution in [2.24, 2.45) is 0 Å². The van der Waals surface area contributed by atoms with E-state index in [4.69, 9.17) is 9.47 Å². The predicted octanol–water partition coefficient (Wildman–Crippen LogP) is 2.50. The molecule has 0 fully saturated rings. The van der Waals surface area contributed by atoms with E-state index in [0.29, 0.717) is 19.0 Å². The molecule has 0 unspecified atom stereocenters. The van der Waals surface area contributed by atoms with Gasteiger partial charge in [-0.15, -0.1) is 0 Å². The highest BCUT2D eigenvalue weighted by Crippen LogP contribution is 2.36. The Morgan fingerprint density at radius 3 is 2.53 bits per heavy atom. The standard InChI is InChI=1S/C12H15BrO4S2/c1-19(14,15)5-4-18-8-9-6-11-12(7-10(9)13)17-3-2-16-11/h6-7H,2-5,8H2,1H3. The average molecular weight is 367 g/mol. The normalized spacial score (nSPS) is 14.4. The zero-order chi connectivity index (χ0) is 13.9. The molecule has 0 radical (unpaired) electrons. The Bertz CT molecular complexity index is 557. The lowest BCUT2D eigenvalue weighted by molar-refractivity contribution is 0.171. The Morgan fingerprint density at radius 2 is 1.89 bits per heavy atom. The first kappa shape index (κ1) is 15.0. The average Bonchev–Trinajstić information content (AvgIpc) is 2.33. The van der Waals surface area contributed by atoms with Gasteiger partial charge >= 0.3 is 0 Å². The highest BCUT2D eigenvalue weighted by atomic mass is 79.9. The number of hydrogen-bond acceptors (Lipinski definition) is 5. The minimum atomic E-state index is -2.88. The zero-order valence-corrected chi connectivity index (χ0v) is 13.7. The molecule has 7 heteroatoms. The van der Waals surface area contributed by atoms with Crippen LogP contribution in [0.15, 0.2) is 16.6 Å². The smallest absolute Gasteiger partial charge is 0.162 e. The summed E-state index contributed by atoms with van der Waals surface area (Å²) in [5.74, 6) is 3.06. The van der Waals surface area contributed by atoms with Crippen LogP contribution in [-0.2, 0) is 15.6 Å². The van der Waals surface area contributed by atoms with Crippen molar-refractivity contribution in [1.82, 2.24) is 0 Å². The summed E-state index contributed by atoms with van der Waals surface area (Å²) in [5, 5.41) is 0. The van der Waals surface area contributed by atoms with Crippen molar-refractivity contribution in [3.63, 3.8) is 0 Å². The summed E-state index contributed by atoms with van der Waals surface area (Å²) in [7, 11) is -2.88. The summed E-state index contributed by atoms with van der Waals surface area (Å²) in [6, 6.07) is 3.85. The lowest BCUT2D eigenvalue weighted by Crippen LogP contribution is -2.15. The Morgan fingerprint density at radius 1 is 1.26 bits per heavy atom. The first-order chi connectivity index (χ1) is 8.96. The largest absolute Gasteiger partial charge is 0.486 e. The Labute approximate surface area is 125 Å². The maximum Gasteiger partial charge on any atom is 0.162 e. The van der Waals surface area contributed by atoms with Gasteiger partial charge in [0.05, 0.1) is 5.75 Å². The Balaban J connectivity index is 1.97. The Hall–Kier alpha value is -0.400. The minimum Gasteiger partial charge on any atom is -0.486 e. The number of hydrogen-bond donors (Lipinski definition) is 0. The molecule has 2 rings (SSSR count). The van der Waals surface area contributed by atoms with Gasteiger partial charge in [0.2, 0.25) is 0 Å². The molecule has 0 saturated heterocycles. The predicted molar refractivity (Wildman–Crippen MR) is 81.0 cm³/mol. The van der Waals surface area contributed by atoms with E-state index in [-0.39, 0.29) is 5.75 Å². The SMILES string of the molecule is CS(=O)(=O)CCSCc1cc2c(cc1Br)OCCO2. The molecular weight excluding hydrogens is 352 g/mol. The van der Waals surface area contributed by atoms with Crippen molar-refractivity contribution in [2.75, 3.05) is 31.0 Å². The lowest BCUT2D eigenvalue weighted by Gasteiger charge is -2.19. The number of thioether (sulfide) groups is 1. The van der Waals surface area contributed by atoms with Gasteiger partial charge in [0.1, 0.15) is 23.1 Å². The van der Waals surface area contributed by atoms with Gasteiger partial charge in [0.25, 0.3) is 0 Å². The quantitative estimate of drug-likeness (QED) is 0.749. The van der Waals surface area contributed by atoms with Crippen LogP contribution in [-0.4, -0.2) is 39.4 Å². The van der Waals surface area contributed by atoms with E-state index in [1.165, 1.54) is 6.26 Å². The van der Waals surface area contributed by atoms with Crippen molar-refractivity contribution in [1.29, 1.82) is 0 Å². The van der Waals surface area contributed by atoms with E-state index < -0.39 is 9.84 Å². The molecule has 0 aromatic heterocycles. The molecule has 0 bridgehead atoms. The van der Waals surface area contributed by atoms with E-state index >= 15 is 0 Å². The fourth-order valence-electron chi connectivity index (χ4n) is 1.61. The van der Waals surface area contributed by atoms with Crippen LogP contribution < -0.4 is 9.47 Å². The van der Waals surface area contributed by atoms with E-state index in [2.05, 4.69) is 15.9 Å². The van der Waals surface area contributed by atoms with E-state index in [0.717, 1.165) is 27.3 Å². The summed E-state index contributed by atoms with van der Waals surface area (Å²) in [6.45, 7) is 1.14. The third-order valence-corrected chi connectivity index (χ3v) is 5.52. The van der Waals surface area contributed by atoms with Crippen LogP contribution in [0.25, 0.3) is 0 Å². The van der Waals surface area contributed by atoms with Gasteiger partial charge in [-0.05, 0) is 17.7 Å². The molecule has 0 atom stereocenters. The maximum atomic E-state index is 11.0. The van der Waals surface area contributed by atoms with Crippen LogP contribution in [0.4, 0.5) is 0 Å². The summed E-state index contributed by atoms with van der Waals surface area (Å²) < 4.78 is 34.1. The number of sulfone groups is 1. The summed E-state index contributed by atoms with van der Waals surface area (Å²) in [4.78, 5) is 0. The third kappa shape index (κ3) is 4.57. The molecular formula is C12H15BrO4S2. The number of benzene rings is 1. The number of rotatable bonds is 5. The van der Waals surface area contributed by atoms with Crippen LogP contribution in [0.3, 0.4) is 0 Å². The molecule has 0 saturated carbocycles. The van der Waals surface area contributed by atoms with Crippen molar-refractivity contribution >= 4 is 37.5 Å². The summed E-state index contributed by atoms with van der Waals surface area (Å²) in [6.07, 6.45) is 1.26. The number of ether oxygens (including phenoxy) is 2.